The predicted octanol–water partition coefficient (Wildman–Crippen LogP) is 4.53. The lowest BCUT2D eigenvalue weighted by atomic mass is 10.1. The molecule has 0 aliphatic heterocycles. The van der Waals surface area contributed by atoms with E-state index < -0.39 is 0 Å². The molecule has 0 saturated heterocycles. The van der Waals surface area contributed by atoms with E-state index in [-0.39, 0.29) is 11.8 Å². The smallest absolute Gasteiger partial charge is 0.334 e. The summed E-state index contributed by atoms with van der Waals surface area (Å²) in [5.74, 6) is 0.729. The van der Waals surface area contributed by atoms with Gasteiger partial charge < -0.3 is 4.74 Å². The molecule has 1 aromatic carbocycles. The molecule has 0 bridgehead atoms. The second kappa shape index (κ2) is 7.22. The average molecular weight is 367 g/mol. The Morgan fingerprint density at radius 3 is 2.19 bits per heavy atom. The Hall–Kier alpha value is -2.56. The summed E-state index contributed by atoms with van der Waals surface area (Å²) < 4.78 is 9.64. The molecule has 3 aromatic rings. The number of hydrogen-bond donors (Lipinski definition) is 0. The molecule has 5 nitrogen and oxygen atoms in total. The molecule has 27 heavy (non-hydrogen) atoms. The Balaban J connectivity index is 2.36. The highest BCUT2D eigenvalue weighted by Crippen LogP contribution is 2.30. The molecule has 2 aromatic heterocycles. The zero-order valence-corrected chi connectivity index (χ0v) is 17.4. The van der Waals surface area contributed by atoms with Crippen LogP contribution in [0.5, 0.6) is 5.75 Å². The maximum atomic E-state index is 13.2. The lowest BCUT2D eigenvalue weighted by Gasteiger charge is -2.17. The molecule has 3 rings (SSSR count). The molecule has 0 radical (unpaired) electrons. The van der Waals surface area contributed by atoms with Crippen molar-refractivity contribution in [3.05, 3.63) is 51.1 Å². The highest BCUT2D eigenvalue weighted by atomic mass is 16.5. The summed E-state index contributed by atoms with van der Waals surface area (Å²) in [5, 5.41) is 0. The van der Waals surface area contributed by atoms with Gasteiger partial charge >= 0.3 is 5.69 Å². The van der Waals surface area contributed by atoms with Gasteiger partial charge in [0.05, 0.1) is 11.8 Å². The summed E-state index contributed by atoms with van der Waals surface area (Å²) >= 11 is 0. The first-order valence-corrected chi connectivity index (χ1v) is 9.62. The van der Waals surface area contributed by atoms with Crippen LogP contribution in [0.4, 0.5) is 0 Å². The molecule has 2 heterocycles. The van der Waals surface area contributed by atoms with Gasteiger partial charge in [0.25, 0.3) is 0 Å². The molecule has 0 aliphatic carbocycles. The van der Waals surface area contributed by atoms with Gasteiger partial charge in [0.1, 0.15) is 11.3 Å². The first kappa shape index (κ1) is 19.2. The van der Waals surface area contributed by atoms with Crippen LogP contribution in [0.25, 0.3) is 16.9 Å². The predicted molar refractivity (Wildman–Crippen MR) is 110 cm³/mol. The van der Waals surface area contributed by atoms with E-state index in [0.29, 0.717) is 5.65 Å². The van der Waals surface area contributed by atoms with Crippen molar-refractivity contribution < 1.29 is 4.74 Å². The lowest BCUT2D eigenvalue weighted by Crippen LogP contribution is -2.22. The van der Waals surface area contributed by atoms with Crippen molar-refractivity contribution >= 4 is 11.2 Å². The standard InChI is InChI=1S/C22H29N3O2/c1-8-17(9-2)27-18-12-16(6)23-21-20(18)24(7)22(26)25(21)19-14(4)10-13(3)11-15(19)5/h10-12,17H,8-9H2,1-7H3. The fraction of sp³-hybridized carbons (Fsp3) is 0.455. The van der Waals surface area contributed by atoms with Crippen LogP contribution in [-0.4, -0.2) is 20.2 Å². The number of imidazole rings is 1. The molecule has 0 atom stereocenters. The van der Waals surface area contributed by atoms with Crippen LogP contribution in [0.2, 0.25) is 0 Å². The molecule has 0 unspecified atom stereocenters. The van der Waals surface area contributed by atoms with Crippen LogP contribution >= 0.6 is 0 Å². The molecule has 5 heteroatoms. The Morgan fingerprint density at radius 2 is 1.63 bits per heavy atom. The third-order valence-electron chi connectivity index (χ3n) is 5.16. The van der Waals surface area contributed by atoms with Gasteiger partial charge in [0.15, 0.2) is 5.65 Å². The molecule has 0 amide bonds. The molecular weight excluding hydrogens is 338 g/mol. The first-order chi connectivity index (χ1) is 12.8. The molecule has 0 N–H and O–H groups in total. The maximum Gasteiger partial charge on any atom is 0.334 e. The van der Waals surface area contributed by atoms with Crippen molar-refractivity contribution in [2.75, 3.05) is 0 Å². The van der Waals surface area contributed by atoms with E-state index >= 15 is 0 Å². The SMILES string of the molecule is CCC(CC)Oc1cc(C)nc2c1n(C)c(=O)n2-c1c(C)cc(C)cc1C. The quantitative estimate of drug-likeness (QED) is 0.666. The van der Waals surface area contributed by atoms with Crippen molar-refractivity contribution in [1.82, 2.24) is 14.1 Å². The third-order valence-corrected chi connectivity index (χ3v) is 5.16. The number of nitrogens with zero attached hydrogens (tertiary/aromatic N) is 3. The average Bonchev–Trinajstić information content (AvgIpc) is 2.83. The summed E-state index contributed by atoms with van der Waals surface area (Å²) in [7, 11) is 1.79. The number of ether oxygens (including phenoxy) is 1. The van der Waals surface area contributed by atoms with Crippen LogP contribution in [0.15, 0.2) is 23.0 Å². The van der Waals surface area contributed by atoms with Gasteiger partial charge in [-0.1, -0.05) is 31.5 Å². The van der Waals surface area contributed by atoms with E-state index in [4.69, 9.17) is 9.72 Å². The monoisotopic (exact) mass is 367 g/mol. The van der Waals surface area contributed by atoms with Crippen LogP contribution in [-0.2, 0) is 7.05 Å². The van der Waals surface area contributed by atoms with Crippen molar-refractivity contribution in [2.24, 2.45) is 7.05 Å². The van der Waals surface area contributed by atoms with E-state index in [1.54, 1.807) is 16.2 Å². The summed E-state index contributed by atoms with van der Waals surface area (Å²) in [6.45, 7) is 12.3. The highest BCUT2D eigenvalue weighted by molar-refractivity contribution is 5.81. The van der Waals surface area contributed by atoms with Crippen molar-refractivity contribution in [1.29, 1.82) is 0 Å². The fourth-order valence-corrected chi connectivity index (χ4v) is 3.88. The highest BCUT2D eigenvalue weighted by Gasteiger charge is 2.22. The fourth-order valence-electron chi connectivity index (χ4n) is 3.88. The number of aromatic nitrogens is 3. The van der Waals surface area contributed by atoms with Gasteiger partial charge in [-0.3, -0.25) is 4.57 Å². The Labute approximate surface area is 160 Å². The topological polar surface area (TPSA) is 49.1 Å². The second-order valence-corrected chi connectivity index (χ2v) is 7.41. The zero-order valence-electron chi connectivity index (χ0n) is 17.4. The van der Waals surface area contributed by atoms with Crippen molar-refractivity contribution in [2.45, 2.75) is 60.5 Å². The Bertz CT molecular complexity index is 1030. The first-order valence-electron chi connectivity index (χ1n) is 9.62. The molecule has 144 valence electrons. The van der Waals surface area contributed by atoms with Crippen molar-refractivity contribution in [3.63, 3.8) is 0 Å². The van der Waals surface area contributed by atoms with Crippen LogP contribution < -0.4 is 10.4 Å². The van der Waals surface area contributed by atoms with Gasteiger partial charge in [-0.25, -0.2) is 14.3 Å². The van der Waals surface area contributed by atoms with Gasteiger partial charge in [-0.15, -0.1) is 0 Å². The number of fused-ring (bicyclic) bond motifs is 1. The van der Waals surface area contributed by atoms with E-state index in [2.05, 4.69) is 32.9 Å². The van der Waals surface area contributed by atoms with Gasteiger partial charge in [-0.05, 0) is 51.7 Å². The van der Waals surface area contributed by atoms with Crippen LogP contribution in [0.3, 0.4) is 0 Å². The summed E-state index contributed by atoms with van der Waals surface area (Å²) in [5.41, 5.74) is 6.35. The van der Waals surface area contributed by atoms with Crippen LogP contribution in [0.1, 0.15) is 49.1 Å². The number of hydrogen-bond acceptors (Lipinski definition) is 3. The normalized spacial score (nSPS) is 11.6. The molecule has 0 fully saturated rings. The molecule has 0 aliphatic rings. The van der Waals surface area contributed by atoms with Crippen molar-refractivity contribution in [3.8, 4) is 11.4 Å². The van der Waals surface area contributed by atoms with Gasteiger partial charge in [0.2, 0.25) is 0 Å². The van der Waals surface area contributed by atoms with E-state index in [9.17, 15) is 4.79 Å². The maximum absolute atomic E-state index is 13.2. The van der Waals surface area contributed by atoms with E-state index in [1.807, 2.05) is 26.8 Å². The largest absolute Gasteiger partial charge is 0.488 e. The summed E-state index contributed by atoms with van der Waals surface area (Å²) in [4.78, 5) is 17.9. The Morgan fingerprint density at radius 1 is 1.04 bits per heavy atom. The lowest BCUT2D eigenvalue weighted by molar-refractivity contribution is 0.194. The zero-order chi connectivity index (χ0) is 19.9. The number of pyridine rings is 1. The van der Waals surface area contributed by atoms with E-state index in [1.165, 1.54) is 5.56 Å². The van der Waals surface area contributed by atoms with Gasteiger partial charge in [0, 0.05) is 18.8 Å². The Kier molecular flexibility index (Phi) is 5.13. The minimum Gasteiger partial charge on any atom is -0.488 e. The van der Waals surface area contributed by atoms with E-state index in [0.717, 1.165) is 46.6 Å². The number of aryl methyl sites for hydroxylation is 5. The third kappa shape index (κ3) is 3.27. The minimum atomic E-state index is -0.104. The number of rotatable bonds is 5. The second-order valence-electron chi connectivity index (χ2n) is 7.41. The minimum absolute atomic E-state index is 0.104. The molecule has 0 spiro atoms. The number of benzene rings is 1. The molecule has 0 saturated carbocycles. The summed E-state index contributed by atoms with van der Waals surface area (Å²) in [6, 6.07) is 6.13. The summed E-state index contributed by atoms with van der Waals surface area (Å²) in [6.07, 6.45) is 1.96. The van der Waals surface area contributed by atoms with Crippen LogP contribution in [0, 0.1) is 27.7 Å². The van der Waals surface area contributed by atoms with Gasteiger partial charge in [-0.2, -0.15) is 0 Å². The molecular formula is C22H29N3O2.